The zero-order chi connectivity index (χ0) is 18.0. The molecule has 9 heteroatoms. The van der Waals surface area contributed by atoms with Crippen LogP contribution in [0.4, 0.5) is 20.5 Å². The van der Waals surface area contributed by atoms with Gasteiger partial charge in [0.1, 0.15) is 17.5 Å². The minimum absolute atomic E-state index is 0.0591. The largest absolute Gasteiger partial charge is 0.368 e. The third kappa shape index (κ3) is 3.89. The van der Waals surface area contributed by atoms with Crippen LogP contribution in [0.1, 0.15) is 0 Å². The molecule has 0 unspecified atom stereocenters. The maximum Gasteiger partial charge on any atom is 0.263 e. The van der Waals surface area contributed by atoms with Crippen molar-refractivity contribution in [2.75, 3.05) is 10.5 Å². The zero-order valence-corrected chi connectivity index (χ0v) is 13.5. The van der Waals surface area contributed by atoms with Crippen molar-refractivity contribution in [1.29, 1.82) is 0 Å². The summed E-state index contributed by atoms with van der Waals surface area (Å²) in [5.74, 6) is -1.18. The first-order chi connectivity index (χ1) is 11.8. The van der Waals surface area contributed by atoms with Crippen molar-refractivity contribution < 1.29 is 17.2 Å². The number of hydrogen-bond donors (Lipinski definition) is 2. The minimum atomic E-state index is -3.98. The number of nitrogens with one attached hydrogen (secondary N) is 1. The molecule has 0 saturated carbocycles. The number of benzene rings is 2. The average Bonchev–Trinajstić information content (AvgIpc) is 2.55. The summed E-state index contributed by atoms with van der Waals surface area (Å²) in [5.41, 5.74) is 6.49. The van der Waals surface area contributed by atoms with Crippen LogP contribution in [0.2, 0.25) is 0 Å². The van der Waals surface area contributed by atoms with Crippen LogP contribution in [0.5, 0.6) is 0 Å². The molecule has 0 aliphatic rings. The number of nitrogens with two attached hydrogens (primary N) is 1. The lowest BCUT2D eigenvalue weighted by Crippen LogP contribution is -2.15. The Balaban J connectivity index is 1.95. The van der Waals surface area contributed by atoms with Crippen molar-refractivity contribution >= 4 is 21.8 Å². The van der Waals surface area contributed by atoms with E-state index < -0.39 is 21.7 Å². The van der Waals surface area contributed by atoms with Gasteiger partial charge in [0.25, 0.3) is 10.0 Å². The molecule has 0 spiro atoms. The second kappa shape index (κ2) is 6.44. The van der Waals surface area contributed by atoms with Gasteiger partial charge in [0.15, 0.2) is 0 Å². The molecule has 2 aromatic carbocycles. The normalized spacial score (nSPS) is 11.3. The van der Waals surface area contributed by atoms with Crippen LogP contribution in [-0.2, 0) is 10.0 Å². The maximum absolute atomic E-state index is 13.0. The van der Waals surface area contributed by atoms with E-state index in [1.165, 1.54) is 30.3 Å². The monoisotopic (exact) mass is 362 g/mol. The second-order valence-corrected chi connectivity index (χ2v) is 6.75. The SMILES string of the molecule is Nc1nc(NS(=O)(=O)c2ccc(F)cc2)cc(-c2ccc(F)cc2)n1. The smallest absolute Gasteiger partial charge is 0.263 e. The number of hydrogen-bond acceptors (Lipinski definition) is 5. The molecule has 3 rings (SSSR count). The highest BCUT2D eigenvalue weighted by Crippen LogP contribution is 2.23. The van der Waals surface area contributed by atoms with Crippen molar-refractivity contribution in [2.24, 2.45) is 0 Å². The molecule has 0 amide bonds. The highest BCUT2D eigenvalue weighted by atomic mass is 32.2. The van der Waals surface area contributed by atoms with Gasteiger partial charge in [-0.3, -0.25) is 4.72 Å². The summed E-state index contributed by atoms with van der Waals surface area (Å²) in [6.45, 7) is 0. The van der Waals surface area contributed by atoms with E-state index >= 15 is 0 Å². The molecule has 0 bridgehead atoms. The first kappa shape index (κ1) is 16.8. The fourth-order valence-corrected chi connectivity index (χ4v) is 3.09. The first-order valence-electron chi connectivity index (χ1n) is 7.02. The van der Waals surface area contributed by atoms with Crippen molar-refractivity contribution in [3.05, 3.63) is 66.2 Å². The van der Waals surface area contributed by atoms with Crippen LogP contribution >= 0.6 is 0 Å². The highest BCUT2D eigenvalue weighted by Gasteiger charge is 2.16. The number of nitrogens with zero attached hydrogens (tertiary/aromatic N) is 2. The molecule has 128 valence electrons. The fraction of sp³-hybridized carbons (Fsp3) is 0. The summed E-state index contributed by atoms with van der Waals surface area (Å²) in [4.78, 5) is 7.71. The van der Waals surface area contributed by atoms with E-state index in [0.717, 1.165) is 24.3 Å². The lowest BCUT2D eigenvalue weighted by molar-refractivity contribution is 0.599. The predicted octanol–water partition coefficient (Wildman–Crippen LogP) is 2.80. The Hall–Kier alpha value is -3.07. The van der Waals surface area contributed by atoms with E-state index in [1.807, 2.05) is 0 Å². The molecule has 1 aromatic heterocycles. The Morgan fingerprint density at radius 2 is 1.44 bits per heavy atom. The molecule has 6 nitrogen and oxygen atoms in total. The van der Waals surface area contributed by atoms with Crippen molar-refractivity contribution in [3.63, 3.8) is 0 Å². The average molecular weight is 362 g/mol. The maximum atomic E-state index is 13.0. The van der Waals surface area contributed by atoms with Gasteiger partial charge in [-0.25, -0.2) is 22.2 Å². The number of aromatic nitrogens is 2. The molecule has 0 fully saturated rings. The van der Waals surface area contributed by atoms with Crippen LogP contribution in [0.15, 0.2) is 59.5 Å². The number of sulfonamides is 1. The first-order valence-corrected chi connectivity index (χ1v) is 8.51. The highest BCUT2D eigenvalue weighted by molar-refractivity contribution is 7.92. The van der Waals surface area contributed by atoms with E-state index in [2.05, 4.69) is 14.7 Å². The number of nitrogen functional groups attached to an aromatic ring is 1. The van der Waals surface area contributed by atoms with Gasteiger partial charge < -0.3 is 5.73 Å². The lowest BCUT2D eigenvalue weighted by atomic mass is 10.1. The Bertz CT molecular complexity index is 1010. The van der Waals surface area contributed by atoms with Crippen LogP contribution in [0, 0.1) is 11.6 Å². The number of anilines is 2. The van der Waals surface area contributed by atoms with Gasteiger partial charge in [-0.15, -0.1) is 0 Å². The van der Waals surface area contributed by atoms with Gasteiger partial charge in [0.2, 0.25) is 5.95 Å². The van der Waals surface area contributed by atoms with Crippen molar-refractivity contribution in [1.82, 2.24) is 9.97 Å². The quantitative estimate of drug-likeness (QED) is 0.744. The number of rotatable bonds is 4. The zero-order valence-electron chi connectivity index (χ0n) is 12.6. The van der Waals surface area contributed by atoms with E-state index in [0.29, 0.717) is 11.3 Å². The molecule has 0 aliphatic carbocycles. The topological polar surface area (TPSA) is 98.0 Å². The molecular weight excluding hydrogens is 350 g/mol. The fourth-order valence-electron chi connectivity index (χ4n) is 2.10. The van der Waals surface area contributed by atoms with E-state index in [1.54, 1.807) is 0 Å². The van der Waals surface area contributed by atoms with Crippen LogP contribution in [0.3, 0.4) is 0 Å². The van der Waals surface area contributed by atoms with E-state index in [-0.39, 0.29) is 16.7 Å². The van der Waals surface area contributed by atoms with Crippen LogP contribution in [0.25, 0.3) is 11.3 Å². The standard InChI is InChI=1S/C16H12F2N4O2S/c17-11-3-1-10(2-4-11)14-9-15(21-16(19)20-14)22-25(23,24)13-7-5-12(18)6-8-13/h1-9H,(H3,19,20,21,22). The molecular formula is C16H12F2N4O2S. The summed E-state index contributed by atoms with van der Waals surface area (Å²) in [6.07, 6.45) is 0. The molecule has 0 atom stereocenters. The van der Waals surface area contributed by atoms with Crippen molar-refractivity contribution in [2.45, 2.75) is 4.90 Å². The Labute approximate surface area is 142 Å². The minimum Gasteiger partial charge on any atom is -0.368 e. The summed E-state index contributed by atoms with van der Waals surface area (Å²) >= 11 is 0. The molecule has 0 aliphatic heterocycles. The lowest BCUT2D eigenvalue weighted by Gasteiger charge is -2.09. The van der Waals surface area contributed by atoms with Gasteiger partial charge in [0, 0.05) is 11.6 Å². The van der Waals surface area contributed by atoms with Crippen LogP contribution < -0.4 is 10.5 Å². The summed E-state index contributed by atoms with van der Waals surface area (Å²) in [6, 6.07) is 11.1. The third-order valence-electron chi connectivity index (χ3n) is 3.25. The summed E-state index contributed by atoms with van der Waals surface area (Å²) in [5, 5.41) is 0. The van der Waals surface area contributed by atoms with Gasteiger partial charge >= 0.3 is 0 Å². The van der Waals surface area contributed by atoms with Gasteiger partial charge in [-0.05, 0) is 48.5 Å². The predicted molar refractivity (Wildman–Crippen MR) is 89.0 cm³/mol. The molecule has 3 aromatic rings. The molecule has 3 N–H and O–H groups in total. The van der Waals surface area contributed by atoms with Gasteiger partial charge in [0.05, 0.1) is 10.6 Å². The molecule has 0 radical (unpaired) electrons. The Kier molecular flexibility index (Phi) is 4.32. The summed E-state index contributed by atoms with van der Waals surface area (Å²) < 4.78 is 52.9. The van der Waals surface area contributed by atoms with E-state index in [9.17, 15) is 17.2 Å². The molecule has 1 heterocycles. The summed E-state index contributed by atoms with van der Waals surface area (Å²) in [7, 11) is -3.98. The van der Waals surface area contributed by atoms with Crippen molar-refractivity contribution in [3.8, 4) is 11.3 Å². The van der Waals surface area contributed by atoms with Gasteiger partial charge in [-0.2, -0.15) is 4.98 Å². The molecule has 0 saturated heterocycles. The Morgan fingerprint density at radius 3 is 2.04 bits per heavy atom. The third-order valence-corrected chi connectivity index (χ3v) is 4.62. The van der Waals surface area contributed by atoms with Crippen LogP contribution in [-0.4, -0.2) is 18.4 Å². The Morgan fingerprint density at radius 1 is 0.880 bits per heavy atom. The second-order valence-electron chi connectivity index (χ2n) is 5.06. The number of halogens is 2. The van der Waals surface area contributed by atoms with E-state index in [4.69, 9.17) is 5.73 Å². The van der Waals surface area contributed by atoms with Gasteiger partial charge in [-0.1, -0.05) is 0 Å². The molecule has 25 heavy (non-hydrogen) atoms.